The van der Waals surface area contributed by atoms with Gasteiger partial charge in [0.15, 0.2) is 5.76 Å². The van der Waals surface area contributed by atoms with Gasteiger partial charge in [-0.15, -0.1) is 13.2 Å². The molecule has 7 rings (SSSR count). The number of ether oxygens (including phenoxy) is 3. The Balaban J connectivity index is 1.33. The summed E-state index contributed by atoms with van der Waals surface area (Å²) in [6.07, 6.45) is 3.06. The number of nitrogens with zero attached hydrogens (tertiary/aromatic N) is 1. The summed E-state index contributed by atoms with van der Waals surface area (Å²) in [6, 6.07) is 10.1. The van der Waals surface area contributed by atoms with E-state index < -0.39 is 24.0 Å². The summed E-state index contributed by atoms with van der Waals surface area (Å²) in [5.74, 6) is 0.0175. The Morgan fingerprint density at radius 3 is 2.59 bits per heavy atom. The van der Waals surface area contributed by atoms with E-state index in [1.54, 1.807) is 36.4 Å². The van der Waals surface area contributed by atoms with Crippen molar-refractivity contribution >= 4 is 23.6 Å². The number of amides is 1. The van der Waals surface area contributed by atoms with E-state index in [2.05, 4.69) is 23.9 Å². The van der Waals surface area contributed by atoms with Crippen molar-refractivity contribution in [3.63, 3.8) is 0 Å². The molecule has 2 saturated carbocycles. The molecule has 1 spiro atoms. The second-order valence-corrected chi connectivity index (χ2v) is 14.5. The van der Waals surface area contributed by atoms with E-state index in [-0.39, 0.29) is 17.2 Å². The van der Waals surface area contributed by atoms with Crippen molar-refractivity contribution in [2.45, 2.75) is 89.6 Å². The number of likely N-dealkylation sites (tertiary alicyclic amines) is 1. The van der Waals surface area contributed by atoms with Crippen molar-refractivity contribution in [2.75, 3.05) is 25.0 Å². The summed E-state index contributed by atoms with van der Waals surface area (Å²) in [7, 11) is 0. The smallest absolute Gasteiger partial charge is 0.487 e. The Bertz CT molecular complexity index is 1560. The van der Waals surface area contributed by atoms with Gasteiger partial charge < -0.3 is 24.0 Å². The average Bonchev–Trinajstić information content (AvgIpc) is 3.72. The minimum atomic E-state index is -5.08. The largest absolute Gasteiger partial charge is 0.573 e. The van der Waals surface area contributed by atoms with Gasteiger partial charge in [0, 0.05) is 54.7 Å². The fraction of sp³-hybridized carbons (Fsp3) is 0.556. The van der Waals surface area contributed by atoms with Crippen molar-refractivity contribution in [1.29, 1.82) is 0 Å². The molecule has 1 unspecified atom stereocenters. The van der Waals surface area contributed by atoms with Crippen molar-refractivity contribution < 1.29 is 41.5 Å². The summed E-state index contributed by atoms with van der Waals surface area (Å²) in [4.78, 5) is 26.0. The number of piperidine rings is 1. The second kappa shape index (κ2) is 11.3. The summed E-state index contributed by atoms with van der Waals surface area (Å²) >= 11 is 0. The number of esters is 1. The molecular formula is C36H42F3N2O5+. The Hall–Kier alpha value is -3.53. The molecule has 5 aliphatic rings. The molecule has 7 nitrogen and oxygen atoms in total. The Labute approximate surface area is 267 Å². The van der Waals surface area contributed by atoms with Crippen molar-refractivity contribution in [3.8, 4) is 11.5 Å². The van der Waals surface area contributed by atoms with Crippen molar-refractivity contribution in [1.82, 2.24) is 0 Å². The zero-order chi connectivity index (χ0) is 32.4. The van der Waals surface area contributed by atoms with Crippen LogP contribution < -0.4 is 14.8 Å². The summed E-state index contributed by atoms with van der Waals surface area (Å²) in [5.41, 5.74) is 2.19. The van der Waals surface area contributed by atoms with Crippen LogP contribution in [0.15, 0.2) is 42.2 Å². The van der Waals surface area contributed by atoms with Crippen LogP contribution in [0.25, 0.3) is 6.08 Å². The number of anilines is 1. The molecular weight excluding hydrogens is 597 g/mol. The van der Waals surface area contributed by atoms with Gasteiger partial charge in [0.05, 0.1) is 36.8 Å². The van der Waals surface area contributed by atoms with Crippen LogP contribution in [0.1, 0.15) is 76.0 Å². The molecule has 2 heterocycles. The maximum Gasteiger partial charge on any atom is 0.573 e. The molecule has 1 amide bonds. The Morgan fingerprint density at radius 2 is 1.91 bits per heavy atom. The number of carbonyl (C=O) groups excluding carboxylic acids is 2. The number of hydrogen-bond donors (Lipinski definition) is 1. The van der Waals surface area contributed by atoms with Crippen LogP contribution in [0, 0.1) is 17.8 Å². The molecule has 246 valence electrons. The average molecular weight is 640 g/mol. The van der Waals surface area contributed by atoms with Crippen LogP contribution in [0.2, 0.25) is 0 Å². The van der Waals surface area contributed by atoms with Gasteiger partial charge in [-0.25, -0.2) is 0 Å². The molecule has 2 aromatic carbocycles. The third-order valence-electron chi connectivity index (χ3n) is 10.9. The summed E-state index contributed by atoms with van der Waals surface area (Å²) in [6.45, 7) is 9.27. The molecule has 2 bridgehead atoms. The molecule has 10 heteroatoms. The van der Waals surface area contributed by atoms with E-state index in [1.807, 2.05) is 0 Å². The minimum absolute atomic E-state index is 0.112. The molecule has 3 aliphatic carbocycles. The van der Waals surface area contributed by atoms with Crippen LogP contribution in [0.4, 0.5) is 18.9 Å². The zero-order valence-electron chi connectivity index (χ0n) is 26.6. The molecule has 1 N–H and O–H groups in total. The lowest BCUT2D eigenvalue weighted by Crippen LogP contribution is -2.72. The van der Waals surface area contributed by atoms with Gasteiger partial charge in [0.1, 0.15) is 17.6 Å². The lowest BCUT2D eigenvalue weighted by Gasteiger charge is -2.62. The first kappa shape index (κ1) is 31.1. The second-order valence-electron chi connectivity index (χ2n) is 14.5. The molecule has 1 saturated heterocycles. The van der Waals surface area contributed by atoms with Gasteiger partial charge in [-0.3, -0.25) is 9.59 Å². The molecule has 5 atom stereocenters. The molecule has 0 aromatic heterocycles. The van der Waals surface area contributed by atoms with E-state index in [9.17, 15) is 22.8 Å². The first-order chi connectivity index (χ1) is 21.9. The van der Waals surface area contributed by atoms with Gasteiger partial charge in [0.25, 0.3) is 5.91 Å². The predicted molar refractivity (Wildman–Crippen MR) is 166 cm³/mol. The van der Waals surface area contributed by atoms with Crippen LogP contribution in [-0.2, 0) is 26.2 Å². The standard InChI is InChI=1S/C36H41F3N2O5/c1-21(2)19-41(20-24-12-13-24)15-14-35-26-10-7-11-31(35)45-33-27(18-29(44-22(3)42)25(32(33)35)17-28(26)41)40-34(43)30(46-36(37,38)39)16-23-8-5-4-6-9-23/h4-6,8-9,16,18,21,24,26,28,31H,7,10-15,17,19-20H2,1-3H3/p+1/t26-,28+,31-,35+,41?/m0/s1. The number of alkyl halides is 3. The van der Waals surface area contributed by atoms with Gasteiger partial charge in [-0.2, -0.15) is 0 Å². The highest BCUT2D eigenvalue weighted by Crippen LogP contribution is 2.66. The Morgan fingerprint density at radius 1 is 1.15 bits per heavy atom. The highest BCUT2D eigenvalue weighted by molar-refractivity contribution is 6.06. The topological polar surface area (TPSA) is 73.9 Å². The van der Waals surface area contributed by atoms with E-state index >= 15 is 0 Å². The SMILES string of the molecule is CC(=O)Oc1cc(NC(=O)C(=Cc2ccccc2)OC(F)(F)F)c2c3c1C[C@@H]1[C@@H]4CCC[C@H](O2)[C@]34CC[N+]1(CC(C)C)CC1CC1. The first-order valence-corrected chi connectivity index (χ1v) is 16.6. The quantitative estimate of drug-likeness (QED) is 0.104. The molecule has 3 fully saturated rings. The van der Waals surface area contributed by atoms with Crippen LogP contribution in [-0.4, -0.2) is 54.5 Å². The van der Waals surface area contributed by atoms with Crippen molar-refractivity contribution in [3.05, 3.63) is 58.8 Å². The van der Waals surface area contributed by atoms with Crippen LogP contribution in [0.5, 0.6) is 11.5 Å². The normalized spacial score (nSPS) is 29.5. The third kappa shape index (κ3) is 5.46. The third-order valence-corrected chi connectivity index (χ3v) is 10.9. The van der Waals surface area contributed by atoms with Gasteiger partial charge in [-0.05, 0) is 43.7 Å². The predicted octanol–water partition coefficient (Wildman–Crippen LogP) is 7.14. The molecule has 2 aliphatic heterocycles. The monoisotopic (exact) mass is 639 g/mol. The summed E-state index contributed by atoms with van der Waals surface area (Å²) < 4.78 is 58.3. The zero-order valence-corrected chi connectivity index (χ0v) is 26.6. The van der Waals surface area contributed by atoms with Gasteiger partial charge in [0.2, 0.25) is 0 Å². The minimum Gasteiger partial charge on any atom is -0.487 e. The maximum absolute atomic E-state index is 13.5. The van der Waals surface area contributed by atoms with E-state index in [1.165, 1.54) is 26.3 Å². The first-order valence-electron chi connectivity index (χ1n) is 16.6. The van der Waals surface area contributed by atoms with Crippen LogP contribution in [0.3, 0.4) is 0 Å². The lowest BCUT2D eigenvalue weighted by molar-refractivity contribution is -0.966. The fourth-order valence-corrected chi connectivity index (χ4v) is 9.49. The number of carbonyl (C=O) groups is 2. The lowest BCUT2D eigenvalue weighted by atomic mass is 9.51. The molecule has 46 heavy (non-hydrogen) atoms. The molecule has 0 radical (unpaired) electrons. The number of nitrogens with one attached hydrogen (secondary N) is 1. The van der Waals surface area contributed by atoms with Crippen molar-refractivity contribution in [2.24, 2.45) is 17.8 Å². The number of halogens is 3. The number of rotatable bonds is 9. The van der Waals surface area contributed by atoms with E-state index in [4.69, 9.17) is 9.47 Å². The highest BCUT2D eigenvalue weighted by Gasteiger charge is 2.68. The van der Waals surface area contributed by atoms with Gasteiger partial charge >= 0.3 is 12.3 Å². The maximum atomic E-state index is 13.5. The van der Waals surface area contributed by atoms with Gasteiger partial charge in [-0.1, -0.05) is 44.2 Å². The highest BCUT2D eigenvalue weighted by atomic mass is 19.4. The number of quaternary nitrogens is 1. The Kier molecular flexibility index (Phi) is 7.65. The molecule has 2 aromatic rings. The number of hydrogen-bond acceptors (Lipinski definition) is 5. The summed E-state index contributed by atoms with van der Waals surface area (Å²) in [5, 5.41) is 2.67. The van der Waals surface area contributed by atoms with E-state index in [0.29, 0.717) is 34.9 Å². The van der Waals surface area contributed by atoms with E-state index in [0.717, 1.165) is 72.8 Å². The van der Waals surface area contributed by atoms with Crippen LogP contribution >= 0.6 is 0 Å². The number of benzene rings is 2. The fourth-order valence-electron chi connectivity index (χ4n) is 9.49.